The van der Waals surface area contributed by atoms with Crippen molar-refractivity contribution in [2.24, 2.45) is 0 Å². The minimum absolute atomic E-state index is 0.269. The topological polar surface area (TPSA) is 35.0 Å². The number of nitrogens with zero attached hydrogens (tertiary/aromatic N) is 2. The quantitative estimate of drug-likeness (QED) is 0.278. The third-order valence-electron chi connectivity index (χ3n) is 5.51. The maximum absolute atomic E-state index is 8.00. The number of hydrogen-bond donors (Lipinski definition) is 0. The third-order valence-corrected chi connectivity index (χ3v) is 15.0. The summed E-state index contributed by atoms with van der Waals surface area (Å²) in [6.07, 6.45) is 3.55. The van der Waals surface area contributed by atoms with Gasteiger partial charge in [-0.15, -0.1) is 0 Å². The average molecular weight is 609 g/mol. The molecule has 0 radical (unpaired) electrons. The van der Waals surface area contributed by atoms with Crippen LogP contribution in [0.25, 0.3) is 22.3 Å². The Labute approximate surface area is 196 Å². The first-order valence-corrected chi connectivity index (χ1v) is 15.6. The molecule has 0 saturated carbocycles. The van der Waals surface area contributed by atoms with Gasteiger partial charge in [0.05, 0.1) is 0 Å². The van der Waals surface area contributed by atoms with Gasteiger partial charge in [-0.2, -0.15) is 0 Å². The Morgan fingerprint density at radius 1 is 0.656 bits per heavy atom. The van der Waals surface area contributed by atoms with Crippen molar-refractivity contribution in [3.63, 3.8) is 0 Å². The summed E-state index contributed by atoms with van der Waals surface area (Å²) < 4.78 is 18.1. The molecule has 1 aliphatic heterocycles. The fourth-order valence-electron chi connectivity index (χ4n) is 4.10. The van der Waals surface area contributed by atoms with Gasteiger partial charge in [-0.25, -0.2) is 0 Å². The summed E-state index contributed by atoms with van der Waals surface area (Å²) in [5, 5.41) is 0. The summed E-state index contributed by atoms with van der Waals surface area (Å²) in [5.74, 6) is 0.984. The van der Waals surface area contributed by atoms with Crippen LogP contribution in [0.4, 0.5) is 0 Å². The second kappa shape index (κ2) is 8.29. The molecule has 0 unspecified atom stereocenters. The molecule has 0 N–H and O–H groups in total. The van der Waals surface area contributed by atoms with Crippen LogP contribution in [0.2, 0.25) is 0 Å². The molecule has 1 aliphatic rings. The molecule has 2 aromatic heterocycles. The number of ether oxygens (including phenoxy) is 1. The van der Waals surface area contributed by atoms with Crippen molar-refractivity contribution >= 4 is 31.7 Å². The number of rotatable bonds is 4. The van der Waals surface area contributed by atoms with Gasteiger partial charge in [-0.3, -0.25) is 0 Å². The Hall–Kier alpha value is -3.36. The van der Waals surface area contributed by atoms with E-state index in [1.165, 1.54) is 21.1 Å². The van der Waals surface area contributed by atoms with E-state index in [9.17, 15) is 0 Å². The van der Waals surface area contributed by atoms with Crippen molar-refractivity contribution < 1.29 is 6.11 Å². The van der Waals surface area contributed by atoms with Gasteiger partial charge in [0.2, 0.25) is 0 Å². The van der Waals surface area contributed by atoms with Gasteiger partial charge in [-0.1, -0.05) is 0 Å². The summed E-state index contributed by atoms with van der Waals surface area (Å²) in [6, 6.07) is 33.6. The van der Waals surface area contributed by atoms with Gasteiger partial charge in [0.15, 0.2) is 0 Å². The van der Waals surface area contributed by atoms with Gasteiger partial charge >= 0.3 is 197 Å². The number of fused-ring (bicyclic) bond motifs is 3. The molecule has 6 rings (SSSR count). The summed E-state index contributed by atoms with van der Waals surface area (Å²) in [5.41, 5.74) is 4.95. The van der Waals surface area contributed by atoms with Crippen molar-refractivity contribution in [1.82, 2.24) is 9.97 Å². The monoisotopic (exact) mass is 609 g/mol. The van der Waals surface area contributed by atoms with Crippen LogP contribution in [-0.4, -0.2) is 31.7 Å². The van der Waals surface area contributed by atoms with Crippen LogP contribution < -0.4 is 14.7 Å². The molecule has 3 nitrogen and oxygen atoms in total. The van der Waals surface area contributed by atoms with Crippen molar-refractivity contribution in [3.8, 4) is 33.9 Å². The molecule has 0 amide bonds. The molecule has 0 bridgehead atoms. The fourth-order valence-corrected chi connectivity index (χ4v) is 14.0. The number of hydrogen-bond acceptors (Lipinski definition) is 3. The zero-order chi connectivity index (χ0) is 22.2. The first-order valence-electron chi connectivity index (χ1n) is 10.9. The van der Waals surface area contributed by atoms with E-state index in [2.05, 4.69) is 65.6 Å². The van der Waals surface area contributed by atoms with Crippen LogP contribution in [-0.2, 0) is 0 Å². The summed E-state index contributed by atoms with van der Waals surface area (Å²) in [4.78, 5) is 8.96. The van der Waals surface area contributed by atoms with Crippen molar-refractivity contribution in [2.75, 3.05) is 0 Å². The van der Waals surface area contributed by atoms with Gasteiger partial charge in [0.25, 0.3) is 0 Å². The summed E-state index contributed by atoms with van der Waals surface area (Å²) in [7, 11) is 0. The van der Waals surface area contributed by atoms with Crippen molar-refractivity contribution in [3.05, 3.63) is 115 Å². The Balaban J connectivity index is 1.42. The summed E-state index contributed by atoms with van der Waals surface area (Å²) in [6.45, 7) is 0. The van der Waals surface area contributed by atoms with Crippen LogP contribution in [0.15, 0.2) is 115 Å². The Morgan fingerprint density at radius 2 is 1.47 bits per heavy atom. The van der Waals surface area contributed by atoms with Gasteiger partial charge in [0.1, 0.15) is 0 Å². The first-order chi connectivity index (χ1) is 16.3. The number of benzene rings is 3. The van der Waals surface area contributed by atoms with E-state index in [1.807, 2.05) is 30.5 Å². The Morgan fingerprint density at radius 3 is 2.38 bits per heavy atom. The molecule has 4 heteroatoms. The van der Waals surface area contributed by atoms with E-state index >= 15 is 0 Å². The molecule has 0 spiro atoms. The van der Waals surface area contributed by atoms with Crippen LogP contribution in [0.5, 0.6) is 11.6 Å². The van der Waals surface area contributed by atoms with Crippen LogP contribution in [0.3, 0.4) is 0 Å². The maximum atomic E-state index is 8.00. The second-order valence-electron chi connectivity index (χ2n) is 7.49. The van der Waals surface area contributed by atoms with E-state index in [-0.39, 0.29) is 6.04 Å². The van der Waals surface area contributed by atoms with Gasteiger partial charge < -0.3 is 0 Å². The summed E-state index contributed by atoms with van der Waals surface area (Å²) >= 11 is -2.45. The Kier molecular flexibility index (Phi) is 4.73. The van der Waals surface area contributed by atoms with Crippen molar-refractivity contribution in [2.45, 2.75) is 0 Å². The van der Waals surface area contributed by atoms with E-state index in [1.54, 1.807) is 18.3 Å². The SMILES string of the molecule is [2H]c1cccnc1Oc1cccc(-c2ccc3[c](c2)[Bi]([c]2ccccn2)[c]2ccccc2-3)c1. The Bertz CT molecular complexity index is 1470. The van der Waals surface area contributed by atoms with E-state index in [4.69, 9.17) is 11.1 Å². The minimum atomic E-state index is -2.45. The van der Waals surface area contributed by atoms with Crippen LogP contribution >= 0.6 is 0 Å². The molecule has 5 aromatic rings. The predicted molar refractivity (Wildman–Crippen MR) is 131 cm³/mol. The van der Waals surface area contributed by atoms with Gasteiger partial charge in [-0.05, 0) is 0 Å². The molecule has 0 atom stereocenters. The molecule has 0 aliphatic carbocycles. The molecule has 3 heterocycles. The van der Waals surface area contributed by atoms with Crippen molar-refractivity contribution in [1.29, 1.82) is 0 Å². The molecular weight excluding hydrogens is 589 g/mol. The molecular formula is C28H19BiN2O. The predicted octanol–water partition coefficient (Wildman–Crippen LogP) is 4.43. The molecule has 0 saturated heterocycles. The number of aromatic nitrogens is 2. The standard InChI is InChI=1S/C23H15NO.C5H4N.Bi/c1-2-7-18(8-3-1)19-12-14-20(15-13-19)21-9-6-10-22(17-21)25-23-11-4-5-16-24-23;1-2-4-6-5-3-1;/h1-7,9-12,14-17H;1-4H;/i11D;;. The van der Waals surface area contributed by atoms with E-state index in [0.717, 1.165) is 11.1 Å². The molecule has 32 heavy (non-hydrogen) atoms. The zero-order valence-electron chi connectivity index (χ0n) is 18.1. The normalized spacial score (nSPS) is 12.7. The zero-order valence-corrected chi connectivity index (χ0v) is 20.6. The van der Waals surface area contributed by atoms with Crippen LogP contribution in [0.1, 0.15) is 1.37 Å². The molecule has 152 valence electrons. The van der Waals surface area contributed by atoms with E-state index < -0.39 is 21.8 Å². The second-order valence-corrected chi connectivity index (χ2v) is 15.6. The fraction of sp³-hybridized carbons (Fsp3) is 0. The van der Waals surface area contributed by atoms with Crippen LogP contribution in [0, 0.1) is 0 Å². The third kappa shape index (κ3) is 3.51. The average Bonchev–Trinajstić information content (AvgIpc) is 3.20. The molecule has 3 aromatic carbocycles. The van der Waals surface area contributed by atoms with E-state index in [0.29, 0.717) is 11.6 Å². The van der Waals surface area contributed by atoms with Gasteiger partial charge in [0, 0.05) is 0 Å². The number of pyridine rings is 2. The first kappa shape index (κ1) is 18.2. The molecule has 0 fully saturated rings.